The molecular weight excluding hydrogens is 466 g/mol. The molecule has 2 unspecified atom stereocenters. The summed E-state index contributed by atoms with van der Waals surface area (Å²) in [4.78, 5) is 26.5. The fourth-order valence-corrected chi connectivity index (χ4v) is 9.77. The molecule has 1 saturated heterocycles. The first-order chi connectivity index (χ1) is 17.7. The Bertz CT molecular complexity index is 1050. The van der Waals surface area contributed by atoms with E-state index in [1.165, 1.54) is 6.07 Å². The Morgan fingerprint density at radius 1 is 1.05 bits per heavy atom. The molecule has 0 radical (unpaired) electrons. The van der Waals surface area contributed by atoms with Gasteiger partial charge in [0.15, 0.2) is 0 Å². The van der Waals surface area contributed by atoms with E-state index in [4.69, 9.17) is 4.42 Å². The Morgan fingerprint density at radius 3 is 2.73 bits per heavy atom. The van der Waals surface area contributed by atoms with Gasteiger partial charge in [0, 0.05) is 37.2 Å². The van der Waals surface area contributed by atoms with E-state index in [-0.39, 0.29) is 34.4 Å². The van der Waals surface area contributed by atoms with Crippen molar-refractivity contribution in [3.8, 4) is 0 Å². The predicted octanol–water partition coefficient (Wildman–Crippen LogP) is 4.25. The second-order valence-corrected chi connectivity index (χ2v) is 13.4. The minimum Gasteiger partial charge on any atom is -0.431 e. The molecule has 1 aromatic heterocycles. The number of fused-ring (bicyclic) bond motifs is 5. The second-order valence-electron chi connectivity index (χ2n) is 13.4. The van der Waals surface area contributed by atoms with Crippen LogP contribution in [0.15, 0.2) is 27.6 Å². The van der Waals surface area contributed by atoms with Crippen molar-refractivity contribution in [1.29, 1.82) is 0 Å². The molecule has 37 heavy (non-hydrogen) atoms. The first-order valence-electron chi connectivity index (χ1n) is 14.8. The fraction of sp³-hybridized carbons (Fsp3) is 0.800. The number of rotatable bonds is 2. The lowest BCUT2D eigenvalue weighted by Crippen LogP contribution is -2.62. The maximum atomic E-state index is 13.0. The Kier molecular flexibility index (Phi) is 6.46. The van der Waals surface area contributed by atoms with Crippen LogP contribution in [0.4, 0.5) is 4.79 Å². The van der Waals surface area contributed by atoms with Crippen molar-refractivity contribution in [2.45, 2.75) is 95.6 Å². The normalized spacial score (nSPS) is 43.8. The van der Waals surface area contributed by atoms with Crippen LogP contribution in [0.5, 0.6) is 0 Å². The van der Waals surface area contributed by atoms with Crippen LogP contribution >= 0.6 is 0 Å². The van der Waals surface area contributed by atoms with E-state index in [0.717, 1.165) is 96.0 Å². The topological polar surface area (TPSA) is 94.8 Å². The Labute approximate surface area is 220 Å². The van der Waals surface area contributed by atoms with Crippen LogP contribution in [0, 0.1) is 28.6 Å². The van der Waals surface area contributed by atoms with Crippen molar-refractivity contribution < 1.29 is 14.3 Å². The number of carbonyl (C=O) groups excluding carboxylic acids is 1. The lowest BCUT2D eigenvalue weighted by Gasteiger charge is -2.63. The highest BCUT2D eigenvalue weighted by Crippen LogP contribution is 2.70. The van der Waals surface area contributed by atoms with Gasteiger partial charge < -0.3 is 25.1 Å². The van der Waals surface area contributed by atoms with E-state index in [1.54, 1.807) is 6.26 Å². The molecule has 2 amide bonds. The minimum atomic E-state index is -0.670. The van der Waals surface area contributed by atoms with Crippen molar-refractivity contribution in [2.24, 2.45) is 28.6 Å². The van der Waals surface area contributed by atoms with Crippen molar-refractivity contribution in [3.63, 3.8) is 0 Å². The van der Waals surface area contributed by atoms with Crippen LogP contribution in [-0.4, -0.2) is 53.9 Å². The molecule has 0 aromatic carbocycles. The second kappa shape index (κ2) is 9.41. The van der Waals surface area contributed by atoms with Crippen LogP contribution in [0.3, 0.4) is 0 Å². The molecule has 0 spiro atoms. The zero-order chi connectivity index (χ0) is 25.8. The van der Waals surface area contributed by atoms with E-state index in [9.17, 15) is 14.7 Å². The maximum absolute atomic E-state index is 13.0. The summed E-state index contributed by atoms with van der Waals surface area (Å²) in [7, 11) is 0. The summed E-state index contributed by atoms with van der Waals surface area (Å²) in [6.07, 6.45) is 12.0. The zero-order valence-corrected chi connectivity index (χ0v) is 22.6. The third-order valence-electron chi connectivity index (χ3n) is 11.9. The van der Waals surface area contributed by atoms with Gasteiger partial charge in [-0.3, -0.25) is 0 Å². The lowest BCUT2D eigenvalue weighted by molar-refractivity contribution is -0.201. The van der Waals surface area contributed by atoms with Crippen molar-refractivity contribution in [3.05, 3.63) is 34.4 Å². The number of nitrogens with zero attached hydrogens (tertiary/aromatic N) is 1. The molecule has 0 bridgehead atoms. The van der Waals surface area contributed by atoms with Gasteiger partial charge in [-0.15, -0.1) is 0 Å². The first kappa shape index (κ1) is 25.4. The molecule has 1 aromatic rings. The number of amides is 2. The largest absolute Gasteiger partial charge is 0.431 e. The van der Waals surface area contributed by atoms with Crippen LogP contribution < -0.4 is 16.3 Å². The van der Waals surface area contributed by atoms with Crippen LogP contribution in [-0.2, 0) is 0 Å². The predicted molar refractivity (Wildman–Crippen MR) is 142 cm³/mol. The number of aliphatic hydroxyl groups is 1. The molecule has 204 valence electrons. The van der Waals surface area contributed by atoms with E-state index in [0.29, 0.717) is 17.8 Å². The van der Waals surface area contributed by atoms with Gasteiger partial charge in [-0.05, 0) is 111 Å². The summed E-state index contributed by atoms with van der Waals surface area (Å²) >= 11 is 0. The quantitative estimate of drug-likeness (QED) is 0.552. The molecule has 7 nitrogen and oxygen atoms in total. The summed E-state index contributed by atoms with van der Waals surface area (Å²) in [5.41, 5.74) is 0.118. The number of carbonyl (C=O) groups is 1. The van der Waals surface area contributed by atoms with Crippen LogP contribution in [0.25, 0.3) is 0 Å². The zero-order valence-electron chi connectivity index (χ0n) is 22.6. The maximum Gasteiger partial charge on any atom is 0.335 e. The highest BCUT2D eigenvalue weighted by atomic mass is 16.4. The molecule has 6 rings (SSSR count). The van der Waals surface area contributed by atoms with E-state index in [2.05, 4.69) is 24.5 Å². The number of nitrogens with one attached hydrogen (secondary N) is 2. The molecule has 3 N–H and O–H groups in total. The molecule has 7 heteroatoms. The average Bonchev–Trinajstić information content (AvgIpc) is 3.04. The summed E-state index contributed by atoms with van der Waals surface area (Å²) in [5, 5.41) is 19.2. The first-order valence-corrected chi connectivity index (χ1v) is 14.8. The van der Waals surface area contributed by atoms with Gasteiger partial charge in [0.25, 0.3) is 0 Å². The monoisotopic (exact) mass is 511 g/mol. The number of hydrogen-bond donors (Lipinski definition) is 3. The van der Waals surface area contributed by atoms with Gasteiger partial charge in [0.2, 0.25) is 0 Å². The summed E-state index contributed by atoms with van der Waals surface area (Å²) < 4.78 is 5.23. The summed E-state index contributed by atoms with van der Waals surface area (Å²) in [5.74, 6) is 1.69. The van der Waals surface area contributed by atoms with Gasteiger partial charge in [-0.25, -0.2) is 9.59 Å². The molecule has 4 aliphatic carbocycles. The number of urea groups is 1. The molecular formula is C30H45N3O4. The molecule has 2 heterocycles. The average molecular weight is 512 g/mol. The SMILES string of the molecule is C[C@]12CC[C@H](NC(=O)N3CCCNCC3)C[C@H]1CCC1C2CC[C@]2(C)[C@@H](c3ccc(=O)oc3)CC[C@]12O. The van der Waals surface area contributed by atoms with Crippen molar-refractivity contribution >= 4 is 6.03 Å². The summed E-state index contributed by atoms with van der Waals surface area (Å²) in [6.45, 7) is 8.29. The standard InChI is InChI=1S/C30H45N3O4/c1-28-11-8-22(32-27(35)33-16-3-14-31-15-17-33)18-21(28)5-6-25-24(28)9-12-29(2)23(10-13-30(25,29)36)20-4-7-26(34)37-19-20/h4,7,19,21-25,31,36H,3,5-6,8-18H2,1-2H3,(H,32,35)/t21-,22+,23-,24?,25?,28+,29-,30+/m1/s1. The Balaban J connectivity index is 1.16. The molecule has 4 saturated carbocycles. The number of hydrogen-bond acceptors (Lipinski definition) is 5. The van der Waals surface area contributed by atoms with Crippen molar-refractivity contribution in [1.82, 2.24) is 15.5 Å². The Morgan fingerprint density at radius 2 is 1.92 bits per heavy atom. The highest BCUT2D eigenvalue weighted by molar-refractivity contribution is 5.74. The molecule has 1 aliphatic heterocycles. The van der Waals surface area contributed by atoms with Gasteiger partial charge >= 0.3 is 11.7 Å². The highest BCUT2D eigenvalue weighted by Gasteiger charge is 2.67. The molecule has 5 fully saturated rings. The van der Waals surface area contributed by atoms with Gasteiger partial charge in [-0.2, -0.15) is 0 Å². The third-order valence-corrected chi connectivity index (χ3v) is 11.9. The van der Waals surface area contributed by atoms with Gasteiger partial charge in [0.1, 0.15) is 0 Å². The fourth-order valence-electron chi connectivity index (χ4n) is 9.77. The van der Waals surface area contributed by atoms with E-state index in [1.807, 2.05) is 11.0 Å². The van der Waals surface area contributed by atoms with Crippen molar-refractivity contribution in [2.75, 3.05) is 26.2 Å². The lowest BCUT2D eigenvalue weighted by atomic mass is 9.43. The minimum absolute atomic E-state index is 0.113. The van der Waals surface area contributed by atoms with Crippen LogP contribution in [0.1, 0.15) is 89.5 Å². The molecule has 5 aliphatic rings. The third kappa shape index (κ3) is 4.07. The van der Waals surface area contributed by atoms with E-state index >= 15 is 0 Å². The smallest absolute Gasteiger partial charge is 0.335 e. The van der Waals surface area contributed by atoms with Crippen LogP contribution in [0.2, 0.25) is 0 Å². The van der Waals surface area contributed by atoms with Gasteiger partial charge in [-0.1, -0.05) is 13.8 Å². The Hall–Kier alpha value is -1.86. The van der Waals surface area contributed by atoms with E-state index < -0.39 is 5.60 Å². The van der Waals surface area contributed by atoms with Gasteiger partial charge in [0.05, 0.1) is 11.9 Å². The molecule has 8 atom stereocenters. The summed E-state index contributed by atoms with van der Waals surface area (Å²) in [6, 6.07) is 3.81.